The molecule has 5 unspecified atom stereocenters. The third-order valence-electron chi connectivity index (χ3n) is 7.60. The molecule has 1 fully saturated rings. The van der Waals surface area contributed by atoms with Crippen molar-refractivity contribution in [3.8, 4) is 11.6 Å². The van der Waals surface area contributed by atoms with Crippen LogP contribution in [0.4, 0.5) is 5.95 Å². The second-order valence-corrected chi connectivity index (χ2v) is 12.3. The molecule has 0 radical (unpaired) electrons. The van der Waals surface area contributed by atoms with Gasteiger partial charge in [-0.3, -0.25) is 9.36 Å². The van der Waals surface area contributed by atoms with Gasteiger partial charge in [-0.05, 0) is 37.3 Å². The molecule has 5 aromatic rings. The molecule has 0 amide bonds. The Hall–Kier alpha value is -4.35. The molecule has 3 N–H and O–H groups in total. The van der Waals surface area contributed by atoms with Crippen LogP contribution in [0.3, 0.4) is 0 Å². The van der Waals surface area contributed by atoms with Gasteiger partial charge < -0.3 is 29.0 Å². The van der Waals surface area contributed by atoms with Gasteiger partial charge in [-0.25, -0.2) is 10.1 Å². The molecule has 3 heterocycles. The van der Waals surface area contributed by atoms with E-state index in [4.69, 9.17) is 29.0 Å². The van der Waals surface area contributed by atoms with Gasteiger partial charge in [0.15, 0.2) is 11.2 Å². The third-order valence-corrected chi connectivity index (χ3v) is 8.94. The Morgan fingerprint density at radius 2 is 1.89 bits per heavy atom. The molecule has 6 rings (SSSR count). The molecular weight excluding hydrogens is 607 g/mol. The number of aromatic nitrogens is 4. The Balaban J connectivity index is 1.15. The second kappa shape index (κ2) is 14.4. The summed E-state index contributed by atoms with van der Waals surface area (Å²) in [4.78, 5) is 26.0. The molecule has 2 aromatic heterocycles. The summed E-state index contributed by atoms with van der Waals surface area (Å²) in [6, 6.07) is 22.6. The number of anilines is 1. The molecule has 12 nitrogen and oxygen atoms in total. The molecule has 3 aromatic carbocycles. The largest absolute Gasteiger partial charge is 0.476 e. The van der Waals surface area contributed by atoms with Crippen LogP contribution in [-0.4, -0.2) is 50.8 Å². The summed E-state index contributed by atoms with van der Waals surface area (Å²) in [6.45, 7) is 6.53. The number of benzene rings is 3. The quantitative estimate of drug-likeness (QED) is 0.116. The van der Waals surface area contributed by atoms with Gasteiger partial charge in [0.05, 0.1) is 25.6 Å². The number of nitrogens with zero attached hydrogens (tertiary/aromatic N) is 4. The maximum Gasteiger partial charge on any atom is 0.323 e. The van der Waals surface area contributed by atoms with E-state index in [1.165, 1.54) is 0 Å². The molecule has 46 heavy (non-hydrogen) atoms. The van der Waals surface area contributed by atoms with E-state index in [1.54, 1.807) is 13.3 Å². The third kappa shape index (κ3) is 7.21. The van der Waals surface area contributed by atoms with E-state index in [0.29, 0.717) is 29.4 Å². The first-order valence-corrected chi connectivity index (χ1v) is 16.4. The molecule has 0 aliphatic carbocycles. The number of esters is 1. The maximum atomic E-state index is 12.9. The number of nitrogens with two attached hydrogens (primary N) is 1. The van der Waals surface area contributed by atoms with Gasteiger partial charge >= 0.3 is 14.5 Å². The lowest BCUT2D eigenvalue weighted by Crippen LogP contribution is -2.34. The highest BCUT2D eigenvalue weighted by Gasteiger charge is 2.36. The van der Waals surface area contributed by atoms with Gasteiger partial charge in [-0.15, -0.1) is 0 Å². The standard InChI is InChI=1S/C33H37N6O6P/c1-4-41-30-28-29(36-33(34)37-30)39(20-35-28)31-21(2)17-25(44-31)19-43-46(45-27-16-10-14-24-13-8-9-15-26(24)27)38-22(3)32(40)42-18-23-11-6-5-7-12-23/h5-16,20-22,25,31,38H,4,17-19H2,1-3H3,(H2,34,36,37). The molecule has 1 aliphatic heterocycles. The van der Waals surface area contributed by atoms with Crippen molar-refractivity contribution in [3.63, 3.8) is 0 Å². The zero-order chi connectivity index (χ0) is 32.0. The maximum absolute atomic E-state index is 12.9. The van der Waals surface area contributed by atoms with E-state index in [0.717, 1.165) is 22.8 Å². The van der Waals surface area contributed by atoms with Crippen molar-refractivity contribution in [3.05, 3.63) is 84.7 Å². The van der Waals surface area contributed by atoms with Gasteiger partial charge in [0, 0.05) is 11.3 Å². The fourth-order valence-electron chi connectivity index (χ4n) is 5.37. The number of fused-ring (bicyclic) bond motifs is 2. The van der Waals surface area contributed by atoms with Crippen LogP contribution in [0.25, 0.3) is 21.9 Å². The lowest BCUT2D eigenvalue weighted by molar-refractivity contribution is -0.146. The molecular formula is C33H37N6O6P. The first-order valence-electron chi connectivity index (χ1n) is 15.2. The number of hydrogen-bond acceptors (Lipinski definition) is 11. The van der Waals surface area contributed by atoms with Crippen molar-refractivity contribution in [1.82, 2.24) is 24.6 Å². The Morgan fingerprint density at radius 3 is 2.72 bits per heavy atom. The Kier molecular flexibility index (Phi) is 9.89. The molecule has 240 valence electrons. The summed E-state index contributed by atoms with van der Waals surface area (Å²) >= 11 is 0. The predicted molar refractivity (Wildman–Crippen MR) is 175 cm³/mol. The van der Waals surface area contributed by atoms with E-state index in [2.05, 4.69) is 27.0 Å². The van der Waals surface area contributed by atoms with Crippen molar-refractivity contribution in [2.75, 3.05) is 18.9 Å². The van der Waals surface area contributed by atoms with Crippen molar-refractivity contribution in [2.45, 2.75) is 52.2 Å². The molecule has 1 aliphatic rings. The number of carbonyl (C=O) groups is 1. The zero-order valence-corrected chi connectivity index (χ0v) is 26.8. The van der Waals surface area contributed by atoms with Gasteiger partial charge in [-0.2, -0.15) is 9.97 Å². The van der Waals surface area contributed by atoms with Crippen molar-refractivity contribution < 1.29 is 28.1 Å². The number of nitrogens with one attached hydrogen (secondary N) is 1. The van der Waals surface area contributed by atoms with Gasteiger partial charge in [0.2, 0.25) is 11.8 Å². The van der Waals surface area contributed by atoms with E-state index in [1.807, 2.05) is 84.3 Å². The lowest BCUT2D eigenvalue weighted by atomic mass is 10.1. The number of nitrogen functional groups attached to an aromatic ring is 1. The van der Waals surface area contributed by atoms with Gasteiger partial charge in [0.25, 0.3) is 0 Å². The van der Waals surface area contributed by atoms with E-state index in [-0.39, 0.29) is 37.4 Å². The minimum atomic E-state index is -1.78. The Bertz CT molecular complexity index is 1780. The highest BCUT2D eigenvalue weighted by Crippen LogP contribution is 2.42. The molecule has 0 saturated carbocycles. The fourth-order valence-corrected chi connectivity index (χ4v) is 6.61. The van der Waals surface area contributed by atoms with Crippen LogP contribution in [0.2, 0.25) is 0 Å². The van der Waals surface area contributed by atoms with Crippen molar-refractivity contribution >= 4 is 42.4 Å². The Labute approximate surface area is 268 Å². The summed E-state index contributed by atoms with van der Waals surface area (Å²) in [7, 11) is -1.78. The summed E-state index contributed by atoms with van der Waals surface area (Å²) < 4.78 is 32.3. The summed E-state index contributed by atoms with van der Waals surface area (Å²) in [6.07, 6.45) is 1.78. The van der Waals surface area contributed by atoms with Crippen molar-refractivity contribution in [1.29, 1.82) is 0 Å². The average Bonchev–Trinajstić information content (AvgIpc) is 3.65. The Morgan fingerprint density at radius 1 is 1.11 bits per heavy atom. The number of ether oxygens (including phenoxy) is 3. The summed E-state index contributed by atoms with van der Waals surface area (Å²) in [5.74, 6) is 0.789. The van der Waals surface area contributed by atoms with Gasteiger partial charge in [-0.1, -0.05) is 73.7 Å². The summed E-state index contributed by atoms with van der Waals surface area (Å²) in [5.41, 5.74) is 7.95. The van der Waals surface area contributed by atoms with Gasteiger partial charge in [0.1, 0.15) is 24.6 Å². The normalized spacial score (nSPS) is 19.2. The number of hydrogen-bond donors (Lipinski definition) is 2. The van der Waals surface area contributed by atoms with E-state index in [9.17, 15) is 4.79 Å². The SMILES string of the molecule is CCOc1nc(N)nc2c1ncn2C1OC(COP(NC(C)C(=O)OCc2ccccc2)Oc2cccc3ccccc23)CC1C. The lowest BCUT2D eigenvalue weighted by Gasteiger charge is -2.24. The van der Waals surface area contributed by atoms with Crippen LogP contribution < -0.4 is 20.1 Å². The number of rotatable bonds is 13. The average molecular weight is 645 g/mol. The molecule has 13 heteroatoms. The minimum absolute atomic E-state index is 0.0990. The first kappa shape index (κ1) is 31.6. The summed E-state index contributed by atoms with van der Waals surface area (Å²) in [5, 5.41) is 5.19. The van der Waals surface area contributed by atoms with Crippen LogP contribution in [-0.2, 0) is 25.4 Å². The van der Waals surface area contributed by atoms with Crippen LogP contribution in [0.1, 0.15) is 39.0 Å². The molecule has 1 saturated heterocycles. The zero-order valence-electron chi connectivity index (χ0n) is 25.9. The molecule has 5 atom stereocenters. The second-order valence-electron chi connectivity index (χ2n) is 11.1. The van der Waals surface area contributed by atoms with Crippen LogP contribution in [0.15, 0.2) is 79.1 Å². The topological polar surface area (TPSA) is 145 Å². The van der Waals surface area contributed by atoms with Crippen molar-refractivity contribution in [2.24, 2.45) is 5.92 Å². The van der Waals surface area contributed by atoms with Crippen LogP contribution in [0, 0.1) is 5.92 Å². The molecule has 0 bridgehead atoms. The highest BCUT2D eigenvalue weighted by molar-refractivity contribution is 7.45. The van der Waals surface area contributed by atoms with E-state index < -0.39 is 20.5 Å². The number of imidazole rings is 1. The van der Waals surface area contributed by atoms with E-state index >= 15 is 0 Å². The smallest absolute Gasteiger partial charge is 0.323 e. The minimum Gasteiger partial charge on any atom is -0.476 e. The monoisotopic (exact) mass is 644 g/mol. The van der Waals surface area contributed by atoms with Crippen LogP contribution in [0.5, 0.6) is 11.6 Å². The number of carbonyl (C=O) groups excluding carboxylic acids is 1. The fraction of sp³-hybridized carbons (Fsp3) is 0.333. The first-order chi connectivity index (χ1) is 22.4. The highest BCUT2D eigenvalue weighted by atomic mass is 31.2. The van der Waals surface area contributed by atoms with Crippen LogP contribution >= 0.6 is 8.53 Å². The molecule has 0 spiro atoms. The predicted octanol–water partition coefficient (Wildman–Crippen LogP) is 5.93.